The van der Waals surface area contributed by atoms with Gasteiger partial charge in [-0.1, -0.05) is 0 Å². The van der Waals surface area contributed by atoms with Crippen LogP contribution in [0.25, 0.3) is 0 Å². The van der Waals surface area contributed by atoms with Gasteiger partial charge in [0.25, 0.3) is 0 Å². The van der Waals surface area contributed by atoms with Crippen LogP contribution in [0.1, 0.15) is 30.5 Å². The van der Waals surface area contributed by atoms with Gasteiger partial charge < -0.3 is 5.32 Å². The summed E-state index contributed by atoms with van der Waals surface area (Å²) in [7, 11) is 0. The highest BCUT2D eigenvalue weighted by molar-refractivity contribution is 7.11. The van der Waals surface area contributed by atoms with E-state index in [9.17, 15) is 0 Å². The summed E-state index contributed by atoms with van der Waals surface area (Å²) in [6, 6.07) is 6.34. The molecule has 0 aromatic carbocycles. The Kier molecular flexibility index (Phi) is 3.64. The molecule has 0 bridgehead atoms. The molecule has 17 heavy (non-hydrogen) atoms. The third kappa shape index (κ3) is 3.98. The Labute approximate surface area is 106 Å². The predicted molar refractivity (Wildman–Crippen MR) is 72.2 cm³/mol. The van der Waals surface area contributed by atoms with Crippen molar-refractivity contribution in [2.45, 2.75) is 39.4 Å². The second-order valence-electron chi connectivity index (χ2n) is 5.18. The maximum Gasteiger partial charge on any atom is 0.0752 e. The number of aromatic nitrogens is 2. The second kappa shape index (κ2) is 5.02. The monoisotopic (exact) mass is 249 g/mol. The fraction of sp³-hybridized carbons (Fsp3) is 0.462. The van der Waals surface area contributed by atoms with Crippen molar-refractivity contribution in [2.75, 3.05) is 0 Å². The standard InChI is InChI=1S/C13H19N3S/c1-13(2,3)14-9-11-5-6-12(17-11)10-16-8-4-7-15-16/h4-8,14H,9-10H2,1-3H3. The van der Waals surface area contributed by atoms with Gasteiger partial charge in [-0.3, -0.25) is 4.68 Å². The Morgan fingerprint density at radius 2 is 2.06 bits per heavy atom. The first kappa shape index (κ1) is 12.3. The molecule has 0 aliphatic carbocycles. The van der Waals surface area contributed by atoms with Crippen molar-refractivity contribution in [1.82, 2.24) is 15.1 Å². The summed E-state index contributed by atoms with van der Waals surface area (Å²) >= 11 is 1.85. The number of thiophene rings is 1. The van der Waals surface area contributed by atoms with Crippen LogP contribution in [0, 0.1) is 0 Å². The number of nitrogens with one attached hydrogen (secondary N) is 1. The van der Waals surface area contributed by atoms with Gasteiger partial charge >= 0.3 is 0 Å². The maximum absolute atomic E-state index is 4.21. The van der Waals surface area contributed by atoms with Gasteiger partial charge in [0.1, 0.15) is 0 Å². The molecule has 0 radical (unpaired) electrons. The van der Waals surface area contributed by atoms with E-state index >= 15 is 0 Å². The molecule has 0 aliphatic heterocycles. The van der Waals surface area contributed by atoms with Gasteiger partial charge in [0.2, 0.25) is 0 Å². The molecule has 0 aliphatic rings. The van der Waals surface area contributed by atoms with Gasteiger partial charge in [0.15, 0.2) is 0 Å². The fourth-order valence-corrected chi connectivity index (χ4v) is 2.46. The smallest absolute Gasteiger partial charge is 0.0752 e. The topological polar surface area (TPSA) is 29.9 Å². The Morgan fingerprint density at radius 1 is 1.29 bits per heavy atom. The Hall–Kier alpha value is -1.13. The van der Waals surface area contributed by atoms with Crippen LogP contribution in [-0.4, -0.2) is 15.3 Å². The normalized spacial score (nSPS) is 11.9. The predicted octanol–water partition coefficient (Wildman–Crippen LogP) is 2.88. The molecule has 2 heterocycles. The van der Waals surface area contributed by atoms with Crippen molar-refractivity contribution in [3.63, 3.8) is 0 Å². The molecule has 0 unspecified atom stereocenters. The zero-order chi connectivity index (χ0) is 12.3. The lowest BCUT2D eigenvalue weighted by Gasteiger charge is -2.19. The third-order valence-electron chi connectivity index (χ3n) is 2.39. The number of hydrogen-bond acceptors (Lipinski definition) is 3. The fourth-order valence-electron chi connectivity index (χ4n) is 1.51. The zero-order valence-electron chi connectivity index (χ0n) is 10.6. The molecule has 2 rings (SSSR count). The summed E-state index contributed by atoms with van der Waals surface area (Å²) in [5.41, 5.74) is 0.173. The Morgan fingerprint density at radius 3 is 2.71 bits per heavy atom. The van der Waals surface area contributed by atoms with E-state index < -0.39 is 0 Å². The average molecular weight is 249 g/mol. The van der Waals surface area contributed by atoms with Gasteiger partial charge in [0, 0.05) is 34.2 Å². The molecule has 0 saturated carbocycles. The van der Waals surface area contributed by atoms with Gasteiger partial charge in [-0.2, -0.15) is 5.10 Å². The maximum atomic E-state index is 4.21. The molecule has 0 atom stereocenters. The molecular weight excluding hydrogens is 230 g/mol. The Balaban J connectivity index is 1.92. The summed E-state index contributed by atoms with van der Waals surface area (Å²) < 4.78 is 1.95. The van der Waals surface area contributed by atoms with Crippen molar-refractivity contribution in [1.29, 1.82) is 0 Å². The van der Waals surface area contributed by atoms with E-state index in [1.807, 2.05) is 34.5 Å². The lowest BCUT2D eigenvalue weighted by atomic mass is 10.1. The number of rotatable bonds is 4. The van der Waals surface area contributed by atoms with Crippen molar-refractivity contribution >= 4 is 11.3 Å². The first-order valence-electron chi connectivity index (χ1n) is 5.83. The summed E-state index contributed by atoms with van der Waals surface area (Å²) in [4.78, 5) is 2.72. The van der Waals surface area contributed by atoms with Gasteiger partial charge in [0.05, 0.1) is 6.54 Å². The second-order valence-corrected chi connectivity index (χ2v) is 6.43. The summed E-state index contributed by atoms with van der Waals surface area (Å²) in [5.74, 6) is 0. The van der Waals surface area contributed by atoms with Gasteiger partial charge in [-0.25, -0.2) is 0 Å². The first-order chi connectivity index (χ1) is 8.03. The molecule has 2 aromatic rings. The third-order valence-corrected chi connectivity index (χ3v) is 3.46. The highest BCUT2D eigenvalue weighted by Crippen LogP contribution is 2.18. The van der Waals surface area contributed by atoms with Gasteiger partial charge in [-0.15, -0.1) is 11.3 Å². The van der Waals surface area contributed by atoms with Crippen LogP contribution in [0.5, 0.6) is 0 Å². The Bertz CT molecular complexity index is 451. The van der Waals surface area contributed by atoms with E-state index in [1.54, 1.807) is 0 Å². The van der Waals surface area contributed by atoms with Crippen LogP contribution in [0.2, 0.25) is 0 Å². The van der Waals surface area contributed by atoms with Crippen LogP contribution in [0.15, 0.2) is 30.6 Å². The molecular formula is C13H19N3S. The quantitative estimate of drug-likeness (QED) is 0.903. The van der Waals surface area contributed by atoms with E-state index in [4.69, 9.17) is 0 Å². The summed E-state index contributed by atoms with van der Waals surface area (Å²) in [6.07, 6.45) is 3.81. The molecule has 0 spiro atoms. The van der Waals surface area contributed by atoms with E-state index in [0.29, 0.717) is 0 Å². The minimum Gasteiger partial charge on any atom is -0.307 e. The minimum atomic E-state index is 0.173. The SMILES string of the molecule is CC(C)(C)NCc1ccc(Cn2cccn2)s1. The zero-order valence-corrected chi connectivity index (χ0v) is 11.4. The molecule has 0 saturated heterocycles. The van der Waals surface area contributed by atoms with Crippen LogP contribution >= 0.6 is 11.3 Å². The molecule has 2 aromatic heterocycles. The largest absolute Gasteiger partial charge is 0.307 e. The van der Waals surface area contributed by atoms with Gasteiger partial charge in [-0.05, 0) is 39.0 Å². The van der Waals surface area contributed by atoms with Crippen LogP contribution in [-0.2, 0) is 13.1 Å². The molecule has 0 amide bonds. The van der Waals surface area contributed by atoms with Crippen molar-refractivity contribution < 1.29 is 0 Å². The number of hydrogen-bond donors (Lipinski definition) is 1. The van der Waals surface area contributed by atoms with Crippen molar-refractivity contribution in [3.05, 3.63) is 40.3 Å². The minimum absolute atomic E-state index is 0.173. The van der Waals surface area contributed by atoms with E-state index in [1.165, 1.54) is 9.75 Å². The number of nitrogens with zero attached hydrogens (tertiary/aromatic N) is 2. The lowest BCUT2D eigenvalue weighted by Crippen LogP contribution is -2.34. The van der Waals surface area contributed by atoms with Crippen molar-refractivity contribution in [3.8, 4) is 0 Å². The average Bonchev–Trinajstić information content (AvgIpc) is 2.86. The van der Waals surface area contributed by atoms with Crippen molar-refractivity contribution in [2.24, 2.45) is 0 Å². The summed E-state index contributed by atoms with van der Waals surface area (Å²) in [5, 5.41) is 7.71. The van der Waals surface area contributed by atoms with E-state index in [2.05, 4.69) is 43.3 Å². The highest BCUT2D eigenvalue weighted by Gasteiger charge is 2.09. The molecule has 92 valence electrons. The van der Waals surface area contributed by atoms with E-state index in [-0.39, 0.29) is 5.54 Å². The molecule has 4 heteroatoms. The van der Waals surface area contributed by atoms with Crippen LogP contribution < -0.4 is 5.32 Å². The molecule has 1 N–H and O–H groups in total. The summed E-state index contributed by atoms with van der Waals surface area (Å²) in [6.45, 7) is 8.36. The van der Waals surface area contributed by atoms with Crippen LogP contribution in [0.4, 0.5) is 0 Å². The first-order valence-corrected chi connectivity index (χ1v) is 6.65. The lowest BCUT2D eigenvalue weighted by molar-refractivity contribution is 0.426. The molecule has 0 fully saturated rings. The highest BCUT2D eigenvalue weighted by atomic mass is 32.1. The van der Waals surface area contributed by atoms with E-state index in [0.717, 1.165) is 13.1 Å². The molecule has 3 nitrogen and oxygen atoms in total. The van der Waals surface area contributed by atoms with Crippen LogP contribution in [0.3, 0.4) is 0 Å².